The van der Waals surface area contributed by atoms with E-state index in [1.807, 2.05) is 6.92 Å². The molecule has 5 heteroatoms. The summed E-state index contributed by atoms with van der Waals surface area (Å²) in [6.07, 6.45) is 0.637. The molecule has 2 rings (SSSR count). The molecule has 0 amide bonds. The third kappa shape index (κ3) is 1.47. The van der Waals surface area contributed by atoms with Gasteiger partial charge in [-0.3, -0.25) is 4.40 Å². The Kier molecular flexibility index (Phi) is 2.36. The molecular formula is C10H9ClN2O2. The lowest BCUT2D eigenvalue weighted by Gasteiger charge is -2.02. The van der Waals surface area contributed by atoms with Crippen molar-refractivity contribution in [1.82, 2.24) is 9.38 Å². The number of imidazole rings is 1. The lowest BCUT2D eigenvalue weighted by atomic mass is 10.3. The second-order valence-electron chi connectivity index (χ2n) is 3.11. The largest absolute Gasteiger partial charge is 0.477 e. The molecule has 0 aromatic carbocycles. The molecule has 2 aromatic rings. The number of fused-ring (bicyclic) bond motifs is 1. The van der Waals surface area contributed by atoms with E-state index in [4.69, 9.17) is 16.7 Å². The quantitative estimate of drug-likeness (QED) is 0.851. The molecule has 0 saturated heterocycles. The van der Waals surface area contributed by atoms with Crippen molar-refractivity contribution in [3.8, 4) is 0 Å². The topological polar surface area (TPSA) is 54.6 Å². The summed E-state index contributed by atoms with van der Waals surface area (Å²) in [6, 6.07) is 4.94. The standard InChI is InChI=1S/C10H9ClN2O2/c1-2-8-12-9(11)6-4-3-5-7(10(14)15)13(6)8/h3-5H,2H2,1H3,(H,14,15). The summed E-state index contributed by atoms with van der Waals surface area (Å²) in [5, 5.41) is 9.36. The van der Waals surface area contributed by atoms with Crippen molar-refractivity contribution in [3.05, 3.63) is 34.9 Å². The number of pyridine rings is 1. The van der Waals surface area contributed by atoms with Crippen LogP contribution in [0.25, 0.3) is 5.52 Å². The van der Waals surface area contributed by atoms with E-state index in [-0.39, 0.29) is 5.69 Å². The Balaban J connectivity index is 2.88. The van der Waals surface area contributed by atoms with Crippen molar-refractivity contribution in [3.63, 3.8) is 0 Å². The molecular weight excluding hydrogens is 216 g/mol. The highest BCUT2D eigenvalue weighted by Crippen LogP contribution is 2.20. The molecule has 1 N–H and O–H groups in total. The lowest BCUT2D eigenvalue weighted by molar-refractivity contribution is 0.0688. The van der Waals surface area contributed by atoms with E-state index in [9.17, 15) is 4.79 Å². The first-order chi connectivity index (χ1) is 7.15. The predicted molar refractivity (Wildman–Crippen MR) is 56.5 cm³/mol. The van der Waals surface area contributed by atoms with Crippen LogP contribution in [0.15, 0.2) is 18.2 Å². The molecule has 15 heavy (non-hydrogen) atoms. The first-order valence-electron chi connectivity index (χ1n) is 4.54. The van der Waals surface area contributed by atoms with Gasteiger partial charge in [0, 0.05) is 6.42 Å². The van der Waals surface area contributed by atoms with Gasteiger partial charge in [-0.15, -0.1) is 0 Å². The van der Waals surface area contributed by atoms with Crippen LogP contribution in [0, 0.1) is 0 Å². The average Bonchev–Trinajstić information content (AvgIpc) is 2.55. The summed E-state index contributed by atoms with van der Waals surface area (Å²) in [6.45, 7) is 1.91. The van der Waals surface area contributed by atoms with Gasteiger partial charge in [-0.2, -0.15) is 0 Å². The molecule has 0 aliphatic carbocycles. The molecule has 2 aromatic heterocycles. The van der Waals surface area contributed by atoms with E-state index < -0.39 is 5.97 Å². The van der Waals surface area contributed by atoms with E-state index in [0.29, 0.717) is 22.9 Å². The maximum atomic E-state index is 11.0. The lowest BCUT2D eigenvalue weighted by Crippen LogP contribution is -2.06. The molecule has 0 saturated carbocycles. The number of carbonyl (C=O) groups is 1. The van der Waals surface area contributed by atoms with Crippen molar-refractivity contribution < 1.29 is 9.90 Å². The van der Waals surface area contributed by atoms with Crippen molar-refractivity contribution >= 4 is 23.1 Å². The molecule has 0 unspecified atom stereocenters. The molecule has 0 aliphatic heterocycles. The zero-order valence-electron chi connectivity index (χ0n) is 8.07. The van der Waals surface area contributed by atoms with Crippen LogP contribution in [-0.4, -0.2) is 20.5 Å². The van der Waals surface area contributed by atoms with E-state index in [2.05, 4.69) is 4.98 Å². The molecule has 0 fully saturated rings. The van der Waals surface area contributed by atoms with Crippen LogP contribution < -0.4 is 0 Å². The van der Waals surface area contributed by atoms with Crippen LogP contribution >= 0.6 is 11.6 Å². The van der Waals surface area contributed by atoms with E-state index in [0.717, 1.165) is 0 Å². The minimum absolute atomic E-state index is 0.184. The first kappa shape index (κ1) is 9.98. The fourth-order valence-corrected chi connectivity index (χ4v) is 1.82. The van der Waals surface area contributed by atoms with Crippen LogP contribution in [-0.2, 0) is 6.42 Å². The molecule has 4 nitrogen and oxygen atoms in total. The van der Waals surface area contributed by atoms with E-state index >= 15 is 0 Å². The maximum absolute atomic E-state index is 11.0. The van der Waals surface area contributed by atoms with Crippen molar-refractivity contribution in [2.45, 2.75) is 13.3 Å². The number of carboxylic acids is 1. The number of hydrogen-bond acceptors (Lipinski definition) is 2. The SMILES string of the molecule is CCc1nc(Cl)c2cccc(C(=O)O)n12. The molecule has 78 valence electrons. The number of aromatic carboxylic acids is 1. The van der Waals surface area contributed by atoms with Gasteiger partial charge in [0.2, 0.25) is 0 Å². The molecule has 0 spiro atoms. The molecule has 0 aliphatic rings. The molecule has 0 atom stereocenters. The van der Waals surface area contributed by atoms with Gasteiger partial charge in [-0.25, -0.2) is 9.78 Å². The Hall–Kier alpha value is -1.55. The van der Waals surface area contributed by atoms with Crippen molar-refractivity contribution in [2.75, 3.05) is 0 Å². The zero-order valence-corrected chi connectivity index (χ0v) is 8.82. The highest BCUT2D eigenvalue weighted by Gasteiger charge is 2.14. The van der Waals surface area contributed by atoms with Crippen LogP contribution in [0.5, 0.6) is 0 Å². The van der Waals surface area contributed by atoms with Crippen LogP contribution in [0.4, 0.5) is 0 Å². The van der Waals surface area contributed by atoms with Gasteiger partial charge in [0.05, 0.1) is 5.52 Å². The van der Waals surface area contributed by atoms with E-state index in [1.165, 1.54) is 6.07 Å². The average molecular weight is 225 g/mol. The highest BCUT2D eigenvalue weighted by atomic mass is 35.5. The minimum atomic E-state index is -0.982. The smallest absolute Gasteiger partial charge is 0.352 e. The monoisotopic (exact) mass is 224 g/mol. The van der Waals surface area contributed by atoms with Gasteiger partial charge in [0.1, 0.15) is 11.5 Å². The molecule has 0 radical (unpaired) electrons. The Morgan fingerprint density at radius 3 is 2.93 bits per heavy atom. The molecule has 0 bridgehead atoms. The summed E-state index contributed by atoms with van der Waals surface area (Å²) >= 11 is 5.91. The van der Waals surface area contributed by atoms with Crippen molar-refractivity contribution in [1.29, 1.82) is 0 Å². The summed E-state index contributed by atoms with van der Waals surface area (Å²) in [5.41, 5.74) is 0.817. The summed E-state index contributed by atoms with van der Waals surface area (Å²) in [4.78, 5) is 15.1. The number of aryl methyl sites for hydroxylation is 1. The highest BCUT2D eigenvalue weighted by molar-refractivity contribution is 6.32. The number of hydrogen-bond donors (Lipinski definition) is 1. The predicted octanol–water partition coefficient (Wildman–Crippen LogP) is 2.25. The van der Waals surface area contributed by atoms with Gasteiger partial charge in [-0.05, 0) is 12.1 Å². The van der Waals surface area contributed by atoms with Gasteiger partial charge in [0.25, 0.3) is 0 Å². The Morgan fingerprint density at radius 1 is 1.60 bits per heavy atom. The fraction of sp³-hybridized carbons (Fsp3) is 0.200. The Bertz CT molecular complexity index is 533. The Labute approximate surface area is 91.1 Å². The van der Waals surface area contributed by atoms with Crippen LogP contribution in [0.2, 0.25) is 5.15 Å². The van der Waals surface area contributed by atoms with Crippen molar-refractivity contribution in [2.24, 2.45) is 0 Å². The zero-order chi connectivity index (χ0) is 11.0. The number of aromatic nitrogens is 2. The van der Waals surface area contributed by atoms with E-state index in [1.54, 1.807) is 16.5 Å². The van der Waals surface area contributed by atoms with Crippen LogP contribution in [0.1, 0.15) is 23.2 Å². The summed E-state index contributed by atoms with van der Waals surface area (Å²) < 4.78 is 1.57. The minimum Gasteiger partial charge on any atom is -0.477 e. The second-order valence-corrected chi connectivity index (χ2v) is 3.47. The maximum Gasteiger partial charge on any atom is 0.352 e. The van der Waals surface area contributed by atoms with Gasteiger partial charge < -0.3 is 5.11 Å². The fourth-order valence-electron chi connectivity index (χ4n) is 1.57. The molecule has 2 heterocycles. The third-order valence-corrected chi connectivity index (χ3v) is 2.50. The summed E-state index contributed by atoms with van der Waals surface area (Å²) in [7, 11) is 0. The van der Waals surface area contributed by atoms with Gasteiger partial charge >= 0.3 is 5.97 Å². The van der Waals surface area contributed by atoms with Gasteiger partial charge in [0.15, 0.2) is 5.15 Å². The second kappa shape index (κ2) is 3.55. The number of halogens is 1. The van der Waals surface area contributed by atoms with Gasteiger partial charge in [-0.1, -0.05) is 24.6 Å². The number of nitrogens with zero attached hydrogens (tertiary/aromatic N) is 2. The Morgan fingerprint density at radius 2 is 2.33 bits per heavy atom. The van der Waals surface area contributed by atoms with Crippen LogP contribution in [0.3, 0.4) is 0 Å². The first-order valence-corrected chi connectivity index (χ1v) is 4.92. The summed E-state index contributed by atoms with van der Waals surface area (Å²) in [5.74, 6) is -0.322. The normalized spacial score (nSPS) is 10.8. The number of carboxylic acid groups (broad SMARTS) is 1. The third-order valence-electron chi connectivity index (χ3n) is 2.22. The number of rotatable bonds is 2.